The van der Waals surface area contributed by atoms with Crippen LogP contribution in [0.5, 0.6) is 0 Å². The molecule has 0 radical (unpaired) electrons. The minimum Gasteiger partial charge on any atom is -0.480 e. The van der Waals surface area contributed by atoms with Gasteiger partial charge in [0.05, 0.1) is 12.0 Å². The maximum Gasteiger partial charge on any atom is 0.330 e. The molecule has 0 heterocycles. The molecule has 0 aromatic heterocycles. The molecule has 0 fully saturated rings. The van der Waals surface area contributed by atoms with E-state index in [4.69, 9.17) is 4.74 Å². The van der Waals surface area contributed by atoms with Crippen molar-refractivity contribution < 1.29 is 19.4 Å². The number of aliphatic carboxylic acids is 1. The monoisotopic (exact) mass is 382 g/mol. The molecule has 0 aliphatic carbocycles. The number of nitrogens with zero attached hydrogens (tertiary/aromatic N) is 1. The van der Waals surface area contributed by atoms with Crippen LogP contribution in [0.15, 0.2) is 30.3 Å². The van der Waals surface area contributed by atoms with Gasteiger partial charge in [0.15, 0.2) is 6.04 Å². The normalized spacial score (nSPS) is 14.1. The smallest absolute Gasteiger partial charge is 0.330 e. The molecule has 2 N–H and O–H groups in total. The fourth-order valence-corrected chi connectivity index (χ4v) is 2.56. The van der Waals surface area contributed by atoms with Crippen molar-refractivity contribution in [1.29, 1.82) is 0 Å². The number of carboxylic acids is 1. The summed E-state index contributed by atoms with van der Waals surface area (Å²) in [6, 6.07) is 8.36. The van der Waals surface area contributed by atoms with Crippen LogP contribution in [0.4, 0.5) is 0 Å². The van der Waals surface area contributed by atoms with Gasteiger partial charge in [0.25, 0.3) is 0 Å². The van der Waals surface area contributed by atoms with Crippen molar-refractivity contribution in [3.05, 3.63) is 35.9 Å². The zero-order chi connectivity index (χ0) is 19.7. The van der Waals surface area contributed by atoms with Crippen molar-refractivity contribution in [3.8, 4) is 0 Å². The second-order valence-corrected chi connectivity index (χ2v) is 7.06. The molecule has 7 heteroatoms. The Morgan fingerprint density at radius 1 is 1.23 bits per heavy atom. The lowest BCUT2D eigenvalue weighted by atomic mass is 9.94. The summed E-state index contributed by atoms with van der Waals surface area (Å²) in [7, 11) is 0. The Balaban J connectivity index is 3.02. The summed E-state index contributed by atoms with van der Waals surface area (Å²) in [6.07, 6.45) is -0.776. The molecule has 0 saturated carbocycles. The van der Waals surface area contributed by atoms with Crippen molar-refractivity contribution in [1.82, 2.24) is 10.2 Å². The number of carboxylic acid groups (broad SMARTS) is 1. The van der Waals surface area contributed by atoms with E-state index in [-0.39, 0.29) is 12.5 Å². The molecule has 2 unspecified atom stereocenters. The number of amides is 1. The van der Waals surface area contributed by atoms with Crippen LogP contribution >= 0.6 is 12.6 Å². The summed E-state index contributed by atoms with van der Waals surface area (Å²) in [4.78, 5) is 26.3. The lowest BCUT2D eigenvalue weighted by Gasteiger charge is -2.35. The highest BCUT2D eigenvalue weighted by Gasteiger charge is 2.37. The summed E-state index contributed by atoms with van der Waals surface area (Å²) < 4.78 is 5.95. The van der Waals surface area contributed by atoms with Crippen molar-refractivity contribution in [2.24, 2.45) is 5.41 Å². The number of thiol groups is 1. The van der Waals surface area contributed by atoms with E-state index in [0.29, 0.717) is 18.8 Å². The number of hydrogen-bond acceptors (Lipinski definition) is 5. The minimum atomic E-state index is -1.18. The second-order valence-electron chi connectivity index (χ2n) is 6.74. The number of ether oxygens (including phenoxy) is 1. The Bertz CT molecular complexity index is 576. The fourth-order valence-electron chi connectivity index (χ4n) is 2.42. The van der Waals surface area contributed by atoms with Gasteiger partial charge in [-0.2, -0.15) is 12.6 Å². The van der Waals surface area contributed by atoms with Crippen LogP contribution in [0.1, 0.15) is 33.3 Å². The van der Waals surface area contributed by atoms with Gasteiger partial charge in [-0.1, -0.05) is 58.0 Å². The van der Waals surface area contributed by atoms with Gasteiger partial charge in [0.1, 0.15) is 6.23 Å². The Morgan fingerprint density at radius 2 is 1.81 bits per heavy atom. The minimum absolute atomic E-state index is 0.262. The van der Waals surface area contributed by atoms with E-state index in [1.807, 2.05) is 49.1 Å². The molecule has 26 heavy (non-hydrogen) atoms. The van der Waals surface area contributed by atoms with Crippen LogP contribution < -0.4 is 5.32 Å². The fraction of sp³-hybridized carbons (Fsp3) is 0.579. The molecular weight excluding hydrogens is 352 g/mol. The Morgan fingerprint density at radius 3 is 2.27 bits per heavy atom. The van der Waals surface area contributed by atoms with Gasteiger partial charge in [0, 0.05) is 5.75 Å². The molecule has 0 spiro atoms. The molecule has 1 amide bonds. The molecule has 1 aromatic rings. The molecule has 0 aliphatic rings. The third-order valence-electron chi connectivity index (χ3n) is 4.28. The second kappa shape index (κ2) is 10.5. The highest BCUT2D eigenvalue weighted by molar-refractivity contribution is 7.80. The summed E-state index contributed by atoms with van der Waals surface area (Å²) in [5, 5.41) is 12.4. The van der Waals surface area contributed by atoms with Crippen LogP contribution in [0.3, 0.4) is 0 Å². The van der Waals surface area contributed by atoms with E-state index in [2.05, 4.69) is 17.9 Å². The summed E-state index contributed by atoms with van der Waals surface area (Å²) in [5.41, 5.74) is 0.167. The van der Waals surface area contributed by atoms with Crippen molar-refractivity contribution in [2.75, 3.05) is 18.8 Å². The number of hydrogen-bond donors (Lipinski definition) is 3. The van der Waals surface area contributed by atoms with Gasteiger partial charge in [0.2, 0.25) is 5.91 Å². The first-order valence-electron chi connectivity index (χ1n) is 8.81. The average molecular weight is 383 g/mol. The number of rotatable bonds is 11. The topological polar surface area (TPSA) is 78.9 Å². The number of carbonyl (C=O) groups excluding carboxylic acids is 1. The number of nitrogens with one attached hydrogen (secondary N) is 1. The first-order valence-corrected chi connectivity index (χ1v) is 9.44. The van der Waals surface area contributed by atoms with E-state index in [0.717, 1.165) is 5.56 Å². The van der Waals surface area contributed by atoms with E-state index in [1.165, 1.54) is 0 Å². The SMILES string of the molecule is CCN(CC)C(OCc1ccccc1)C(NC(=O)C(C)(C)CS)C(=O)O. The highest BCUT2D eigenvalue weighted by atomic mass is 32.1. The first kappa shape index (κ1) is 22.5. The highest BCUT2D eigenvalue weighted by Crippen LogP contribution is 2.19. The van der Waals surface area contributed by atoms with Gasteiger partial charge >= 0.3 is 5.97 Å². The maximum absolute atomic E-state index is 12.5. The molecule has 0 saturated heterocycles. The third-order valence-corrected chi connectivity index (χ3v) is 5.07. The number of carbonyl (C=O) groups is 2. The van der Waals surface area contributed by atoms with Crippen LogP contribution in [0.2, 0.25) is 0 Å². The largest absolute Gasteiger partial charge is 0.480 e. The Labute approximate surface area is 161 Å². The summed E-state index contributed by atoms with van der Waals surface area (Å²) in [6.45, 7) is 8.78. The van der Waals surface area contributed by atoms with Gasteiger partial charge in [-0.05, 0) is 18.7 Å². The van der Waals surface area contributed by atoms with E-state index in [1.54, 1.807) is 13.8 Å². The first-order chi connectivity index (χ1) is 12.3. The summed E-state index contributed by atoms with van der Waals surface area (Å²) >= 11 is 4.18. The predicted octanol–water partition coefficient (Wildman–Crippen LogP) is 2.40. The molecule has 6 nitrogen and oxygen atoms in total. The molecule has 1 aromatic carbocycles. The van der Waals surface area contributed by atoms with Crippen LogP contribution in [0, 0.1) is 5.41 Å². The van der Waals surface area contributed by atoms with Crippen LogP contribution in [-0.4, -0.2) is 53.0 Å². The zero-order valence-electron chi connectivity index (χ0n) is 15.9. The average Bonchev–Trinajstić information content (AvgIpc) is 2.63. The Hall–Kier alpha value is -1.57. The molecule has 0 aliphatic heterocycles. The third kappa shape index (κ3) is 6.30. The molecule has 2 atom stereocenters. The van der Waals surface area contributed by atoms with Crippen molar-refractivity contribution in [2.45, 2.75) is 46.6 Å². The Kier molecular flexibility index (Phi) is 9.12. The van der Waals surface area contributed by atoms with Crippen molar-refractivity contribution in [3.63, 3.8) is 0 Å². The van der Waals surface area contributed by atoms with Crippen LogP contribution in [-0.2, 0) is 20.9 Å². The van der Waals surface area contributed by atoms with Gasteiger partial charge in [-0.3, -0.25) is 9.69 Å². The van der Waals surface area contributed by atoms with E-state index < -0.39 is 23.7 Å². The van der Waals surface area contributed by atoms with E-state index >= 15 is 0 Å². The van der Waals surface area contributed by atoms with Crippen LogP contribution in [0.25, 0.3) is 0 Å². The zero-order valence-corrected chi connectivity index (χ0v) is 16.8. The van der Waals surface area contributed by atoms with Gasteiger partial charge < -0.3 is 15.2 Å². The molecule has 1 rings (SSSR count). The van der Waals surface area contributed by atoms with Gasteiger partial charge in [-0.25, -0.2) is 4.79 Å². The molecular formula is C19H30N2O4S. The quantitative estimate of drug-likeness (QED) is 0.405. The lowest BCUT2D eigenvalue weighted by molar-refractivity contribution is -0.157. The lowest BCUT2D eigenvalue weighted by Crippen LogP contribution is -2.58. The van der Waals surface area contributed by atoms with E-state index in [9.17, 15) is 14.7 Å². The molecule has 146 valence electrons. The number of benzene rings is 1. The van der Waals surface area contributed by atoms with Gasteiger partial charge in [-0.15, -0.1) is 0 Å². The van der Waals surface area contributed by atoms with Crippen molar-refractivity contribution >= 4 is 24.5 Å². The summed E-state index contributed by atoms with van der Waals surface area (Å²) in [5.74, 6) is -1.18. The predicted molar refractivity (Wildman–Crippen MR) is 105 cm³/mol. The standard InChI is InChI=1S/C19H30N2O4S/c1-5-21(6-2)16(25-12-14-10-8-7-9-11-14)15(17(22)23)20-18(24)19(3,4)13-26/h7-11,15-16,26H,5-6,12-13H2,1-4H3,(H,20,24)(H,22,23). The maximum atomic E-state index is 12.5. The molecule has 0 bridgehead atoms. The number of likely N-dealkylation sites (N-methyl/N-ethyl adjacent to an activating group) is 1.